The number of aromatic nitrogens is 1. The Bertz CT molecular complexity index is 299. The third-order valence-corrected chi connectivity index (χ3v) is 3.49. The molecular formula is C14H22N2. The molecule has 1 fully saturated rings. The molecule has 0 spiro atoms. The molecule has 1 aliphatic carbocycles. The van der Waals surface area contributed by atoms with E-state index in [0.29, 0.717) is 0 Å². The van der Waals surface area contributed by atoms with Crippen LogP contribution in [-0.4, -0.2) is 11.5 Å². The smallest absolute Gasteiger partial charge is 0.125 e. The Morgan fingerprint density at radius 3 is 2.75 bits per heavy atom. The molecule has 1 saturated carbocycles. The van der Waals surface area contributed by atoms with Crippen molar-refractivity contribution in [2.45, 2.75) is 45.4 Å². The third kappa shape index (κ3) is 3.51. The van der Waals surface area contributed by atoms with Crippen LogP contribution in [0.25, 0.3) is 0 Å². The number of aryl methyl sites for hydroxylation is 1. The Morgan fingerprint density at radius 1 is 1.25 bits per heavy atom. The van der Waals surface area contributed by atoms with Gasteiger partial charge >= 0.3 is 0 Å². The van der Waals surface area contributed by atoms with Crippen LogP contribution in [0, 0.1) is 12.8 Å². The van der Waals surface area contributed by atoms with Crippen molar-refractivity contribution in [1.82, 2.24) is 4.98 Å². The maximum absolute atomic E-state index is 4.35. The van der Waals surface area contributed by atoms with E-state index in [9.17, 15) is 0 Å². The fraction of sp³-hybridized carbons (Fsp3) is 0.643. The van der Waals surface area contributed by atoms with Gasteiger partial charge in [-0.15, -0.1) is 0 Å². The largest absolute Gasteiger partial charge is 0.370 e. The van der Waals surface area contributed by atoms with Gasteiger partial charge in [0.1, 0.15) is 5.82 Å². The zero-order valence-electron chi connectivity index (χ0n) is 10.2. The van der Waals surface area contributed by atoms with E-state index in [4.69, 9.17) is 0 Å². The summed E-state index contributed by atoms with van der Waals surface area (Å²) in [4.78, 5) is 4.35. The standard InChI is InChI=1S/C14H22N2/c1-12-7-8-14(16-11-12)15-10-9-13-5-3-2-4-6-13/h7-8,11,13H,2-6,9-10H2,1H3,(H,15,16). The molecule has 2 nitrogen and oxygen atoms in total. The van der Waals surface area contributed by atoms with E-state index < -0.39 is 0 Å². The van der Waals surface area contributed by atoms with Crippen LogP contribution in [0.3, 0.4) is 0 Å². The molecule has 1 aliphatic rings. The van der Waals surface area contributed by atoms with Gasteiger partial charge in [0.15, 0.2) is 0 Å². The summed E-state index contributed by atoms with van der Waals surface area (Å²) in [6.45, 7) is 3.14. The van der Waals surface area contributed by atoms with Crippen molar-refractivity contribution in [1.29, 1.82) is 0 Å². The summed E-state index contributed by atoms with van der Waals surface area (Å²) in [5.74, 6) is 1.97. The van der Waals surface area contributed by atoms with Gasteiger partial charge in [-0.1, -0.05) is 38.2 Å². The molecule has 0 aromatic carbocycles. The number of rotatable bonds is 4. The zero-order valence-corrected chi connectivity index (χ0v) is 10.2. The van der Waals surface area contributed by atoms with E-state index in [2.05, 4.69) is 29.4 Å². The van der Waals surface area contributed by atoms with Gasteiger partial charge in [0, 0.05) is 12.7 Å². The Balaban J connectivity index is 1.69. The van der Waals surface area contributed by atoms with Crippen LogP contribution in [-0.2, 0) is 0 Å². The molecule has 0 bridgehead atoms. The lowest BCUT2D eigenvalue weighted by Gasteiger charge is -2.21. The van der Waals surface area contributed by atoms with E-state index in [-0.39, 0.29) is 0 Å². The Morgan fingerprint density at radius 2 is 2.06 bits per heavy atom. The van der Waals surface area contributed by atoms with E-state index >= 15 is 0 Å². The topological polar surface area (TPSA) is 24.9 Å². The van der Waals surface area contributed by atoms with Crippen LogP contribution in [0.4, 0.5) is 5.82 Å². The average Bonchev–Trinajstić information content (AvgIpc) is 2.33. The Kier molecular flexibility index (Phi) is 4.20. The van der Waals surface area contributed by atoms with Crippen LogP contribution in [0.1, 0.15) is 44.1 Å². The van der Waals surface area contributed by atoms with Gasteiger partial charge in [-0.3, -0.25) is 0 Å². The molecule has 16 heavy (non-hydrogen) atoms. The zero-order chi connectivity index (χ0) is 11.2. The highest BCUT2D eigenvalue weighted by molar-refractivity contribution is 5.34. The number of hydrogen-bond donors (Lipinski definition) is 1. The number of nitrogens with one attached hydrogen (secondary N) is 1. The van der Waals surface area contributed by atoms with Crippen LogP contribution < -0.4 is 5.32 Å². The second-order valence-electron chi connectivity index (χ2n) is 4.94. The van der Waals surface area contributed by atoms with E-state index in [1.807, 2.05) is 6.20 Å². The summed E-state index contributed by atoms with van der Waals surface area (Å²) < 4.78 is 0. The molecule has 0 unspecified atom stereocenters. The lowest BCUT2D eigenvalue weighted by molar-refractivity contribution is 0.345. The minimum Gasteiger partial charge on any atom is -0.370 e. The van der Waals surface area contributed by atoms with Crippen molar-refractivity contribution in [3.05, 3.63) is 23.9 Å². The highest BCUT2D eigenvalue weighted by atomic mass is 15.0. The predicted octanol–water partition coefficient (Wildman–Crippen LogP) is 3.77. The maximum atomic E-state index is 4.35. The second kappa shape index (κ2) is 5.88. The lowest BCUT2D eigenvalue weighted by Crippen LogP contribution is -2.12. The highest BCUT2D eigenvalue weighted by Crippen LogP contribution is 2.26. The summed E-state index contributed by atoms with van der Waals surface area (Å²) in [6, 6.07) is 4.17. The van der Waals surface area contributed by atoms with Gasteiger partial charge in [-0.05, 0) is 30.9 Å². The molecule has 2 heteroatoms. The molecule has 1 heterocycles. The first kappa shape index (κ1) is 11.4. The fourth-order valence-corrected chi connectivity index (χ4v) is 2.45. The van der Waals surface area contributed by atoms with Crippen molar-refractivity contribution in [2.24, 2.45) is 5.92 Å². The molecule has 0 amide bonds. The van der Waals surface area contributed by atoms with E-state index in [1.165, 1.54) is 44.1 Å². The van der Waals surface area contributed by atoms with Gasteiger partial charge in [0.25, 0.3) is 0 Å². The Hall–Kier alpha value is -1.05. The van der Waals surface area contributed by atoms with Gasteiger partial charge in [-0.2, -0.15) is 0 Å². The first-order chi connectivity index (χ1) is 7.84. The third-order valence-electron chi connectivity index (χ3n) is 3.49. The van der Waals surface area contributed by atoms with Gasteiger partial charge in [0.2, 0.25) is 0 Å². The summed E-state index contributed by atoms with van der Waals surface area (Å²) >= 11 is 0. The quantitative estimate of drug-likeness (QED) is 0.832. The normalized spacial score (nSPS) is 17.3. The number of pyridine rings is 1. The average molecular weight is 218 g/mol. The minimum atomic E-state index is 0.951. The first-order valence-corrected chi connectivity index (χ1v) is 6.51. The molecule has 88 valence electrons. The Labute approximate surface area is 98.5 Å². The van der Waals surface area contributed by atoms with Crippen molar-refractivity contribution in [2.75, 3.05) is 11.9 Å². The number of hydrogen-bond acceptors (Lipinski definition) is 2. The summed E-state index contributed by atoms with van der Waals surface area (Å²) in [5, 5.41) is 3.41. The fourth-order valence-electron chi connectivity index (χ4n) is 2.45. The molecule has 1 N–H and O–H groups in total. The van der Waals surface area contributed by atoms with Crippen LogP contribution in [0.5, 0.6) is 0 Å². The molecule has 0 saturated heterocycles. The van der Waals surface area contributed by atoms with Crippen molar-refractivity contribution < 1.29 is 0 Å². The SMILES string of the molecule is Cc1ccc(NCCC2CCCCC2)nc1. The van der Waals surface area contributed by atoms with Crippen molar-refractivity contribution >= 4 is 5.82 Å². The first-order valence-electron chi connectivity index (χ1n) is 6.51. The molecule has 2 rings (SSSR count). The van der Waals surface area contributed by atoms with Crippen LogP contribution in [0.2, 0.25) is 0 Å². The van der Waals surface area contributed by atoms with Gasteiger partial charge in [-0.25, -0.2) is 4.98 Å². The van der Waals surface area contributed by atoms with E-state index in [1.54, 1.807) is 0 Å². The molecule has 1 aromatic heterocycles. The summed E-state index contributed by atoms with van der Waals surface area (Å²) in [6.07, 6.45) is 10.4. The molecule has 0 aliphatic heterocycles. The van der Waals surface area contributed by atoms with Gasteiger partial charge in [0.05, 0.1) is 0 Å². The molecule has 0 atom stereocenters. The van der Waals surface area contributed by atoms with Gasteiger partial charge < -0.3 is 5.32 Å². The lowest BCUT2D eigenvalue weighted by atomic mass is 9.87. The summed E-state index contributed by atoms with van der Waals surface area (Å²) in [7, 11) is 0. The second-order valence-corrected chi connectivity index (χ2v) is 4.94. The van der Waals surface area contributed by atoms with E-state index in [0.717, 1.165) is 18.3 Å². The highest BCUT2D eigenvalue weighted by Gasteiger charge is 2.12. The number of anilines is 1. The predicted molar refractivity (Wildman–Crippen MR) is 68.7 cm³/mol. The molecule has 1 aromatic rings. The maximum Gasteiger partial charge on any atom is 0.125 e. The van der Waals surface area contributed by atoms with Crippen molar-refractivity contribution in [3.63, 3.8) is 0 Å². The minimum absolute atomic E-state index is 0.951. The van der Waals surface area contributed by atoms with Crippen LogP contribution >= 0.6 is 0 Å². The monoisotopic (exact) mass is 218 g/mol. The molecular weight excluding hydrogens is 196 g/mol. The molecule has 0 radical (unpaired) electrons. The summed E-state index contributed by atoms with van der Waals surface area (Å²) in [5.41, 5.74) is 1.22. The van der Waals surface area contributed by atoms with Crippen molar-refractivity contribution in [3.8, 4) is 0 Å². The number of nitrogens with zero attached hydrogens (tertiary/aromatic N) is 1. The van der Waals surface area contributed by atoms with Crippen LogP contribution in [0.15, 0.2) is 18.3 Å².